The molecule has 1 saturated heterocycles. The van der Waals surface area contributed by atoms with E-state index in [1.807, 2.05) is 6.07 Å². The molecule has 0 aliphatic carbocycles. The van der Waals surface area contributed by atoms with E-state index >= 15 is 0 Å². The molecule has 2 aromatic carbocycles. The average Bonchev–Trinajstić information content (AvgIpc) is 2.87. The predicted octanol–water partition coefficient (Wildman–Crippen LogP) is 2.10. The number of aromatic nitrogens is 2. The Labute approximate surface area is 201 Å². The van der Waals surface area contributed by atoms with Gasteiger partial charge in [0.1, 0.15) is 18.9 Å². The summed E-state index contributed by atoms with van der Waals surface area (Å²) in [6, 6.07) is 17.5. The minimum atomic E-state index is -0.638. The minimum Gasteiger partial charge on any atom is -0.447 e. The van der Waals surface area contributed by atoms with Crippen LogP contribution in [0.25, 0.3) is 5.69 Å². The first kappa shape index (κ1) is 23.7. The Bertz CT molecular complexity index is 1330. The maximum absolute atomic E-state index is 12.4. The van der Waals surface area contributed by atoms with Gasteiger partial charge in [-0.15, -0.1) is 0 Å². The first-order valence-corrected chi connectivity index (χ1v) is 11.0. The molecule has 1 aliphatic rings. The maximum atomic E-state index is 12.4. The number of carbonyl (C=O) groups excluding carboxylic acids is 2. The van der Waals surface area contributed by atoms with Crippen molar-refractivity contribution in [1.82, 2.24) is 14.7 Å². The first-order chi connectivity index (χ1) is 17.0. The largest absolute Gasteiger partial charge is 0.447 e. The third-order valence-corrected chi connectivity index (χ3v) is 5.34. The number of hydrogen-bond donors (Lipinski definition) is 1. The fraction of sp³-hybridized carbons (Fsp3) is 0.240. The molecular weight excluding hydrogens is 450 g/mol. The monoisotopic (exact) mass is 473 g/mol. The molecule has 0 saturated carbocycles. The van der Waals surface area contributed by atoms with Gasteiger partial charge in [-0.25, -0.2) is 9.48 Å². The molecule has 1 aromatic heterocycles. The molecule has 10 heteroatoms. The molecule has 2 amide bonds. The Balaban J connectivity index is 1.38. The van der Waals surface area contributed by atoms with Crippen LogP contribution in [0.15, 0.2) is 65.6 Å². The summed E-state index contributed by atoms with van der Waals surface area (Å²) in [6.45, 7) is 1.37. The number of nitriles is 1. The zero-order valence-electron chi connectivity index (χ0n) is 18.8. The average molecular weight is 473 g/mol. The van der Waals surface area contributed by atoms with Crippen molar-refractivity contribution >= 4 is 17.7 Å². The summed E-state index contributed by atoms with van der Waals surface area (Å²) >= 11 is 0. The van der Waals surface area contributed by atoms with Crippen LogP contribution in [0, 0.1) is 11.3 Å². The molecule has 0 radical (unpaired) electrons. The lowest BCUT2D eigenvalue weighted by Gasteiger charge is -2.26. The molecule has 0 atom stereocenters. The van der Waals surface area contributed by atoms with Crippen LogP contribution < -0.4 is 10.7 Å². The molecule has 0 spiro atoms. The second kappa shape index (κ2) is 11.1. The van der Waals surface area contributed by atoms with Crippen molar-refractivity contribution in [3.05, 3.63) is 87.8 Å². The van der Waals surface area contributed by atoms with Crippen molar-refractivity contribution < 1.29 is 19.1 Å². The molecule has 3 aromatic rings. The van der Waals surface area contributed by atoms with Gasteiger partial charge in [-0.2, -0.15) is 10.4 Å². The molecule has 2 heterocycles. The highest BCUT2D eigenvalue weighted by molar-refractivity contribution is 5.84. The van der Waals surface area contributed by atoms with Crippen LogP contribution in [0.4, 0.5) is 10.5 Å². The maximum Gasteiger partial charge on any atom is 0.411 e. The number of hydrogen-bond acceptors (Lipinski definition) is 7. The zero-order chi connectivity index (χ0) is 24.6. The van der Waals surface area contributed by atoms with Gasteiger partial charge in [-0.05, 0) is 35.9 Å². The van der Waals surface area contributed by atoms with E-state index in [4.69, 9.17) is 14.7 Å². The smallest absolute Gasteiger partial charge is 0.411 e. The van der Waals surface area contributed by atoms with Crippen LogP contribution in [0.1, 0.15) is 16.8 Å². The minimum absolute atomic E-state index is 0.0482. The third kappa shape index (κ3) is 6.31. The molecule has 4 rings (SSSR count). The molecule has 0 bridgehead atoms. The Morgan fingerprint density at radius 2 is 2.03 bits per heavy atom. The van der Waals surface area contributed by atoms with E-state index in [1.165, 1.54) is 6.07 Å². The fourth-order valence-corrected chi connectivity index (χ4v) is 3.57. The zero-order valence-corrected chi connectivity index (χ0v) is 18.8. The molecule has 10 nitrogen and oxygen atoms in total. The molecule has 1 fully saturated rings. The Morgan fingerprint density at radius 3 is 2.86 bits per heavy atom. The van der Waals surface area contributed by atoms with Crippen molar-refractivity contribution in [3.8, 4) is 11.8 Å². The van der Waals surface area contributed by atoms with Gasteiger partial charge in [0.05, 0.1) is 30.5 Å². The van der Waals surface area contributed by atoms with Gasteiger partial charge in [0, 0.05) is 30.9 Å². The summed E-state index contributed by atoms with van der Waals surface area (Å²) in [6.07, 6.45) is 1.17. The first-order valence-electron chi connectivity index (χ1n) is 11.0. The number of morpholine rings is 1. The van der Waals surface area contributed by atoms with Crippen molar-refractivity contribution in [1.29, 1.82) is 5.26 Å². The standard InChI is InChI=1S/C25H23N5O5/c26-16-19-4-2-6-21(14-19)30-8-7-23(31)22(28-30)15-18-3-1-5-20(13-18)27-25(33)35-12-10-29-9-11-34-17-24(29)32/h1-8,13-14H,9-12,15,17H2,(H,27,33). The number of nitrogens with one attached hydrogen (secondary N) is 1. The quantitative estimate of drug-likeness (QED) is 0.557. The summed E-state index contributed by atoms with van der Waals surface area (Å²) < 4.78 is 11.8. The lowest BCUT2D eigenvalue weighted by Crippen LogP contribution is -2.43. The van der Waals surface area contributed by atoms with E-state index in [1.54, 1.807) is 58.2 Å². The van der Waals surface area contributed by atoms with Crippen molar-refractivity contribution in [2.45, 2.75) is 6.42 Å². The predicted molar refractivity (Wildman–Crippen MR) is 126 cm³/mol. The lowest BCUT2D eigenvalue weighted by molar-refractivity contribution is -0.143. The molecule has 1 aliphatic heterocycles. The second-order valence-corrected chi connectivity index (χ2v) is 7.80. The van der Waals surface area contributed by atoms with Crippen LogP contribution >= 0.6 is 0 Å². The summed E-state index contributed by atoms with van der Waals surface area (Å²) in [4.78, 5) is 37.9. The van der Waals surface area contributed by atoms with Gasteiger partial charge in [0.25, 0.3) is 0 Å². The van der Waals surface area contributed by atoms with E-state index in [2.05, 4.69) is 16.5 Å². The molecule has 1 N–H and O–H groups in total. The van der Waals surface area contributed by atoms with E-state index in [9.17, 15) is 14.4 Å². The van der Waals surface area contributed by atoms with Crippen LogP contribution in [-0.2, 0) is 20.7 Å². The summed E-state index contributed by atoms with van der Waals surface area (Å²) in [7, 11) is 0. The summed E-state index contributed by atoms with van der Waals surface area (Å²) in [5.74, 6) is -0.126. The van der Waals surface area contributed by atoms with Gasteiger partial charge in [-0.3, -0.25) is 14.9 Å². The van der Waals surface area contributed by atoms with Gasteiger partial charge < -0.3 is 14.4 Å². The molecule has 178 valence electrons. The highest BCUT2D eigenvalue weighted by atomic mass is 16.5. The number of benzene rings is 2. The normalized spacial score (nSPS) is 13.2. The number of rotatable bonds is 7. The fourth-order valence-electron chi connectivity index (χ4n) is 3.57. The Kier molecular flexibility index (Phi) is 7.50. The third-order valence-electron chi connectivity index (χ3n) is 5.34. The van der Waals surface area contributed by atoms with Gasteiger partial charge in [-0.1, -0.05) is 18.2 Å². The number of amides is 2. The second-order valence-electron chi connectivity index (χ2n) is 7.80. The molecule has 35 heavy (non-hydrogen) atoms. The highest BCUT2D eigenvalue weighted by Crippen LogP contribution is 2.14. The van der Waals surface area contributed by atoms with Crippen LogP contribution in [0.2, 0.25) is 0 Å². The number of carbonyl (C=O) groups is 2. The van der Waals surface area contributed by atoms with Crippen LogP contribution in [-0.4, -0.2) is 59.6 Å². The van der Waals surface area contributed by atoms with Crippen molar-refractivity contribution in [3.63, 3.8) is 0 Å². The van der Waals surface area contributed by atoms with Crippen LogP contribution in [0.3, 0.4) is 0 Å². The van der Waals surface area contributed by atoms with Gasteiger partial charge in [0.2, 0.25) is 11.3 Å². The molecular formula is C25H23N5O5. The van der Waals surface area contributed by atoms with E-state index in [0.29, 0.717) is 42.3 Å². The van der Waals surface area contributed by atoms with Crippen molar-refractivity contribution in [2.75, 3.05) is 38.2 Å². The summed E-state index contributed by atoms with van der Waals surface area (Å²) in [5, 5.41) is 16.2. The number of anilines is 1. The van der Waals surface area contributed by atoms with E-state index in [-0.39, 0.29) is 31.0 Å². The summed E-state index contributed by atoms with van der Waals surface area (Å²) in [5.41, 5.74) is 2.55. The van der Waals surface area contributed by atoms with E-state index in [0.717, 1.165) is 5.56 Å². The highest BCUT2D eigenvalue weighted by Gasteiger charge is 2.18. The van der Waals surface area contributed by atoms with E-state index < -0.39 is 6.09 Å². The van der Waals surface area contributed by atoms with Crippen molar-refractivity contribution in [2.24, 2.45) is 0 Å². The number of nitrogens with zero attached hydrogens (tertiary/aromatic N) is 4. The lowest BCUT2D eigenvalue weighted by atomic mass is 10.1. The topological polar surface area (TPSA) is 127 Å². The van der Waals surface area contributed by atoms with Crippen LogP contribution in [0.5, 0.6) is 0 Å². The Morgan fingerprint density at radius 1 is 1.17 bits per heavy atom. The van der Waals surface area contributed by atoms with Gasteiger partial charge in [0.15, 0.2) is 0 Å². The SMILES string of the molecule is N#Cc1cccc(-n2ccc(=O)c(Cc3cccc(NC(=O)OCCN4CCOCC4=O)c3)n2)c1. The molecule has 0 unspecified atom stereocenters. The Hall–Kier alpha value is -4.49. The van der Waals surface area contributed by atoms with Gasteiger partial charge >= 0.3 is 6.09 Å². The number of ether oxygens (including phenoxy) is 2.